The number of carboxylic acid groups (broad SMARTS) is 1. The number of aliphatic hydroxyl groups excluding tert-OH is 2. The van der Waals surface area contributed by atoms with Gasteiger partial charge in [0.05, 0.1) is 18.7 Å². The van der Waals surface area contributed by atoms with Gasteiger partial charge in [-0.2, -0.15) is 0 Å². The number of carbonyl (C=O) groups excluding carboxylic acids is 1. The number of nitrogens with zero attached hydrogens (tertiary/aromatic N) is 1. The van der Waals surface area contributed by atoms with E-state index in [1.165, 1.54) is 0 Å². The number of rotatable bonds is 5. The quantitative estimate of drug-likeness (QED) is 0.532. The fourth-order valence-corrected chi connectivity index (χ4v) is 1.81. The standard InChI is InChI=1S/C8H10N2O5S/c9-5(12)1-3(11)6(13)7-10-2-4(16-7)8(14)15/h2-3,6,11,13H,1H2,(H2,9,12)(H,14,15). The van der Waals surface area contributed by atoms with E-state index in [2.05, 4.69) is 4.98 Å². The van der Waals surface area contributed by atoms with E-state index < -0.39 is 30.5 Å². The molecule has 0 saturated heterocycles. The zero-order chi connectivity index (χ0) is 12.3. The molecule has 0 fully saturated rings. The van der Waals surface area contributed by atoms with Crippen LogP contribution in [-0.2, 0) is 4.79 Å². The summed E-state index contributed by atoms with van der Waals surface area (Å²) in [6.07, 6.45) is -2.14. The number of aromatic nitrogens is 1. The van der Waals surface area contributed by atoms with Crippen molar-refractivity contribution in [2.45, 2.75) is 18.6 Å². The van der Waals surface area contributed by atoms with E-state index in [1.807, 2.05) is 0 Å². The molecular formula is C8H10N2O5S. The van der Waals surface area contributed by atoms with Gasteiger partial charge in [0.2, 0.25) is 5.91 Å². The lowest BCUT2D eigenvalue weighted by Crippen LogP contribution is -2.25. The zero-order valence-corrected chi connectivity index (χ0v) is 8.85. The Kier molecular flexibility index (Phi) is 3.93. The van der Waals surface area contributed by atoms with Crippen molar-refractivity contribution in [3.8, 4) is 0 Å². The van der Waals surface area contributed by atoms with Crippen LogP contribution in [0.5, 0.6) is 0 Å². The third kappa shape index (κ3) is 2.99. The van der Waals surface area contributed by atoms with Crippen LogP contribution in [0.1, 0.15) is 27.2 Å². The third-order valence-corrected chi connectivity index (χ3v) is 2.82. The Morgan fingerprint density at radius 2 is 2.12 bits per heavy atom. The van der Waals surface area contributed by atoms with Gasteiger partial charge in [0.25, 0.3) is 0 Å². The number of carbonyl (C=O) groups is 2. The molecule has 0 aliphatic heterocycles. The molecule has 0 saturated carbocycles. The highest BCUT2D eigenvalue weighted by Gasteiger charge is 2.24. The van der Waals surface area contributed by atoms with Gasteiger partial charge in [-0.3, -0.25) is 4.79 Å². The van der Waals surface area contributed by atoms with E-state index in [4.69, 9.17) is 10.8 Å². The molecule has 1 amide bonds. The number of amides is 1. The van der Waals surface area contributed by atoms with Gasteiger partial charge in [0.15, 0.2) is 0 Å². The van der Waals surface area contributed by atoms with Crippen LogP contribution in [-0.4, -0.2) is 38.3 Å². The van der Waals surface area contributed by atoms with Crippen molar-refractivity contribution < 1.29 is 24.9 Å². The maximum Gasteiger partial charge on any atom is 0.347 e. The summed E-state index contributed by atoms with van der Waals surface area (Å²) in [6, 6.07) is 0. The van der Waals surface area contributed by atoms with Gasteiger partial charge in [-0.1, -0.05) is 0 Å². The summed E-state index contributed by atoms with van der Waals surface area (Å²) < 4.78 is 0. The first kappa shape index (κ1) is 12.6. The average Bonchev–Trinajstić information content (AvgIpc) is 2.64. The molecule has 0 aliphatic carbocycles. The van der Waals surface area contributed by atoms with Crippen molar-refractivity contribution in [2.24, 2.45) is 5.73 Å². The van der Waals surface area contributed by atoms with Gasteiger partial charge in [-0.25, -0.2) is 9.78 Å². The van der Waals surface area contributed by atoms with E-state index in [-0.39, 0.29) is 9.88 Å². The Hall–Kier alpha value is -1.51. The first-order valence-electron chi connectivity index (χ1n) is 4.25. The summed E-state index contributed by atoms with van der Waals surface area (Å²) >= 11 is 0.732. The van der Waals surface area contributed by atoms with Gasteiger partial charge in [0, 0.05) is 0 Å². The molecule has 0 aromatic carbocycles. The molecular weight excluding hydrogens is 236 g/mol. The summed E-state index contributed by atoms with van der Waals surface area (Å²) in [5.41, 5.74) is 4.84. The van der Waals surface area contributed by atoms with Crippen molar-refractivity contribution in [1.29, 1.82) is 0 Å². The van der Waals surface area contributed by atoms with Crippen LogP contribution < -0.4 is 5.73 Å². The number of aliphatic hydroxyl groups is 2. The van der Waals surface area contributed by atoms with Gasteiger partial charge in [0.1, 0.15) is 16.0 Å². The average molecular weight is 246 g/mol. The Labute approximate surface area is 94.2 Å². The molecule has 1 rings (SSSR count). The summed E-state index contributed by atoms with van der Waals surface area (Å²) in [5.74, 6) is -1.93. The van der Waals surface area contributed by atoms with E-state index in [0.717, 1.165) is 17.5 Å². The van der Waals surface area contributed by atoms with Crippen molar-refractivity contribution in [2.75, 3.05) is 0 Å². The van der Waals surface area contributed by atoms with Gasteiger partial charge in [-0.05, 0) is 0 Å². The van der Waals surface area contributed by atoms with Crippen LogP contribution in [0.25, 0.3) is 0 Å². The van der Waals surface area contributed by atoms with E-state index in [9.17, 15) is 19.8 Å². The van der Waals surface area contributed by atoms with E-state index in [1.54, 1.807) is 0 Å². The second-order valence-corrected chi connectivity index (χ2v) is 4.11. The molecule has 1 aromatic rings. The van der Waals surface area contributed by atoms with E-state index in [0.29, 0.717) is 0 Å². The van der Waals surface area contributed by atoms with Crippen molar-refractivity contribution in [1.82, 2.24) is 4.98 Å². The van der Waals surface area contributed by atoms with Crippen LogP contribution in [0.2, 0.25) is 0 Å². The molecule has 0 radical (unpaired) electrons. The van der Waals surface area contributed by atoms with E-state index >= 15 is 0 Å². The monoisotopic (exact) mass is 246 g/mol. The van der Waals surface area contributed by atoms with Gasteiger partial charge < -0.3 is 21.1 Å². The summed E-state index contributed by atoms with van der Waals surface area (Å²) in [6.45, 7) is 0. The molecule has 0 aliphatic rings. The molecule has 1 heterocycles. The van der Waals surface area contributed by atoms with Crippen molar-refractivity contribution >= 4 is 23.2 Å². The Morgan fingerprint density at radius 1 is 1.50 bits per heavy atom. The second-order valence-electron chi connectivity index (χ2n) is 3.05. The molecule has 5 N–H and O–H groups in total. The number of nitrogens with two attached hydrogens (primary N) is 1. The molecule has 0 spiro atoms. The SMILES string of the molecule is NC(=O)CC(O)C(O)c1ncc(C(=O)O)s1. The van der Waals surface area contributed by atoms with Crippen LogP contribution in [0.15, 0.2) is 6.20 Å². The number of primary amides is 1. The molecule has 7 nitrogen and oxygen atoms in total. The van der Waals surface area contributed by atoms with Crippen LogP contribution in [0.3, 0.4) is 0 Å². The zero-order valence-electron chi connectivity index (χ0n) is 8.03. The van der Waals surface area contributed by atoms with Crippen LogP contribution >= 0.6 is 11.3 Å². The van der Waals surface area contributed by atoms with Crippen molar-refractivity contribution in [3.05, 3.63) is 16.1 Å². The number of thiazole rings is 1. The van der Waals surface area contributed by atoms with Gasteiger partial charge in [-0.15, -0.1) is 11.3 Å². The number of hydrogen-bond donors (Lipinski definition) is 4. The largest absolute Gasteiger partial charge is 0.477 e. The lowest BCUT2D eigenvalue weighted by atomic mass is 10.1. The summed E-state index contributed by atoms with van der Waals surface area (Å²) in [7, 11) is 0. The second kappa shape index (κ2) is 5.01. The lowest BCUT2D eigenvalue weighted by molar-refractivity contribution is -0.121. The first-order chi connectivity index (χ1) is 7.41. The Morgan fingerprint density at radius 3 is 2.56 bits per heavy atom. The summed E-state index contributed by atoms with van der Waals surface area (Å²) in [5, 5.41) is 27.5. The Balaban J connectivity index is 2.75. The highest BCUT2D eigenvalue weighted by molar-refractivity contribution is 7.13. The highest BCUT2D eigenvalue weighted by atomic mass is 32.1. The molecule has 16 heavy (non-hydrogen) atoms. The predicted octanol–water partition coefficient (Wildman–Crippen LogP) is -0.889. The predicted molar refractivity (Wildman–Crippen MR) is 53.9 cm³/mol. The molecule has 2 unspecified atom stereocenters. The minimum atomic E-state index is -1.41. The fraction of sp³-hybridized carbons (Fsp3) is 0.375. The minimum Gasteiger partial charge on any atom is -0.477 e. The highest BCUT2D eigenvalue weighted by Crippen LogP contribution is 2.23. The number of carboxylic acids is 1. The maximum atomic E-state index is 10.5. The number of hydrogen-bond acceptors (Lipinski definition) is 6. The molecule has 8 heteroatoms. The fourth-order valence-electron chi connectivity index (χ4n) is 1.01. The normalized spacial score (nSPS) is 14.4. The molecule has 88 valence electrons. The first-order valence-corrected chi connectivity index (χ1v) is 5.07. The molecule has 2 atom stereocenters. The lowest BCUT2D eigenvalue weighted by Gasteiger charge is -2.13. The third-order valence-electron chi connectivity index (χ3n) is 1.76. The minimum absolute atomic E-state index is 0.0335. The molecule has 1 aromatic heterocycles. The van der Waals surface area contributed by atoms with Crippen LogP contribution in [0.4, 0.5) is 0 Å². The smallest absolute Gasteiger partial charge is 0.347 e. The van der Waals surface area contributed by atoms with Crippen molar-refractivity contribution in [3.63, 3.8) is 0 Å². The maximum absolute atomic E-state index is 10.5. The number of aromatic carboxylic acids is 1. The Bertz CT molecular complexity index is 405. The summed E-state index contributed by atoms with van der Waals surface area (Å²) in [4.78, 5) is 24.6. The van der Waals surface area contributed by atoms with Gasteiger partial charge >= 0.3 is 5.97 Å². The molecule has 0 bridgehead atoms. The topological polar surface area (TPSA) is 134 Å². The van der Waals surface area contributed by atoms with Crippen LogP contribution in [0, 0.1) is 0 Å².